The minimum absolute atomic E-state index is 0.0327. The summed E-state index contributed by atoms with van der Waals surface area (Å²) >= 11 is 0. The van der Waals surface area contributed by atoms with Crippen LogP contribution in [0.1, 0.15) is 24.3 Å². The molecule has 1 aromatic rings. The Kier molecular flexibility index (Phi) is 4.30. The lowest BCUT2D eigenvalue weighted by Crippen LogP contribution is -2.30. The van der Waals surface area contributed by atoms with Gasteiger partial charge in [-0.2, -0.15) is 4.98 Å². The first kappa shape index (κ1) is 12.5. The van der Waals surface area contributed by atoms with Crippen molar-refractivity contribution in [2.75, 3.05) is 19.0 Å². The number of ether oxygens (including phenoxy) is 1. The fraction of sp³-hybridized carbons (Fsp3) is 0.600. The van der Waals surface area contributed by atoms with Crippen LogP contribution in [-0.2, 0) is 4.74 Å². The predicted molar refractivity (Wildman–Crippen MR) is 57.6 cm³/mol. The zero-order valence-corrected chi connectivity index (χ0v) is 9.56. The van der Waals surface area contributed by atoms with Crippen molar-refractivity contribution < 1.29 is 19.1 Å². The van der Waals surface area contributed by atoms with Crippen molar-refractivity contribution in [3.8, 4) is 0 Å². The molecule has 0 radical (unpaired) electrons. The van der Waals surface area contributed by atoms with Gasteiger partial charge in [-0.3, -0.25) is 0 Å². The summed E-state index contributed by atoms with van der Waals surface area (Å²) in [7, 11) is 1.61. The first-order valence-corrected chi connectivity index (χ1v) is 4.99. The molecule has 90 valence electrons. The van der Waals surface area contributed by atoms with Crippen LogP contribution in [0, 0.1) is 5.92 Å². The highest BCUT2D eigenvalue weighted by atomic mass is 16.5. The maximum atomic E-state index is 10.6. The second-order valence-electron chi connectivity index (χ2n) is 3.79. The van der Waals surface area contributed by atoms with E-state index in [4.69, 9.17) is 14.3 Å². The molecule has 0 amide bonds. The fourth-order valence-corrected chi connectivity index (χ4v) is 1.18. The van der Waals surface area contributed by atoms with Crippen molar-refractivity contribution in [3.63, 3.8) is 0 Å². The lowest BCUT2D eigenvalue weighted by molar-refractivity contribution is 0.0690. The number of nitrogens with zero attached hydrogens (tertiary/aromatic N) is 1. The van der Waals surface area contributed by atoms with E-state index in [1.807, 2.05) is 13.8 Å². The number of nitrogens with one attached hydrogen (secondary N) is 1. The van der Waals surface area contributed by atoms with E-state index in [9.17, 15) is 4.79 Å². The van der Waals surface area contributed by atoms with E-state index >= 15 is 0 Å². The van der Waals surface area contributed by atoms with Crippen molar-refractivity contribution in [1.82, 2.24) is 4.98 Å². The molecule has 0 aromatic carbocycles. The van der Waals surface area contributed by atoms with Gasteiger partial charge >= 0.3 is 5.97 Å². The van der Waals surface area contributed by atoms with Crippen LogP contribution >= 0.6 is 0 Å². The first-order chi connectivity index (χ1) is 7.54. The number of methoxy groups -OCH3 is 1. The Bertz CT molecular complexity index is 348. The molecule has 0 aliphatic heterocycles. The molecule has 0 saturated heterocycles. The van der Waals surface area contributed by atoms with Gasteiger partial charge in [0.05, 0.1) is 12.6 Å². The van der Waals surface area contributed by atoms with Crippen LogP contribution in [0.5, 0.6) is 0 Å². The van der Waals surface area contributed by atoms with Crippen LogP contribution in [0.25, 0.3) is 0 Å². The molecule has 0 spiro atoms. The van der Waals surface area contributed by atoms with Gasteiger partial charge in [0.2, 0.25) is 0 Å². The Labute approximate surface area is 93.6 Å². The molecule has 0 saturated carbocycles. The molecule has 0 aliphatic rings. The normalized spacial score (nSPS) is 12.8. The topological polar surface area (TPSA) is 84.6 Å². The summed E-state index contributed by atoms with van der Waals surface area (Å²) < 4.78 is 10.0. The second-order valence-corrected chi connectivity index (χ2v) is 3.79. The van der Waals surface area contributed by atoms with Gasteiger partial charge in [0.25, 0.3) is 6.01 Å². The SMILES string of the molecule is COCC(Nc1nc(C(=O)O)co1)C(C)C. The number of aromatic carboxylic acids is 1. The zero-order chi connectivity index (χ0) is 12.1. The van der Waals surface area contributed by atoms with Crippen LogP contribution in [0.3, 0.4) is 0 Å². The Morgan fingerprint density at radius 1 is 1.69 bits per heavy atom. The number of anilines is 1. The number of oxazole rings is 1. The average Bonchev–Trinajstić information content (AvgIpc) is 2.65. The van der Waals surface area contributed by atoms with Crippen molar-refractivity contribution in [2.24, 2.45) is 5.92 Å². The number of hydrogen-bond donors (Lipinski definition) is 2. The Morgan fingerprint density at radius 2 is 2.38 bits per heavy atom. The van der Waals surface area contributed by atoms with Crippen LogP contribution in [0.15, 0.2) is 10.7 Å². The number of aromatic nitrogens is 1. The van der Waals surface area contributed by atoms with Gasteiger partial charge in [-0.05, 0) is 5.92 Å². The van der Waals surface area contributed by atoms with E-state index in [-0.39, 0.29) is 17.8 Å². The lowest BCUT2D eigenvalue weighted by Gasteiger charge is -2.19. The van der Waals surface area contributed by atoms with Gasteiger partial charge < -0.3 is 19.6 Å². The molecule has 1 atom stereocenters. The standard InChI is InChI=1S/C10H16N2O4/c1-6(2)7(4-15-3)11-10-12-8(5-16-10)9(13)14/h5-7H,4H2,1-3H3,(H,11,12)(H,13,14). The van der Waals surface area contributed by atoms with E-state index in [1.165, 1.54) is 0 Å². The highest BCUT2D eigenvalue weighted by Crippen LogP contribution is 2.13. The highest BCUT2D eigenvalue weighted by Gasteiger charge is 2.17. The number of carboxylic acid groups (broad SMARTS) is 1. The molecule has 0 fully saturated rings. The molecule has 1 rings (SSSR count). The van der Waals surface area contributed by atoms with Gasteiger partial charge in [0, 0.05) is 7.11 Å². The summed E-state index contributed by atoms with van der Waals surface area (Å²) in [5, 5.41) is 11.7. The van der Waals surface area contributed by atoms with E-state index < -0.39 is 5.97 Å². The predicted octanol–water partition coefficient (Wildman–Crippen LogP) is 1.46. The summed E-state index contributed by atoms with van der Waals surface area (Å²) in [5.74, 6) is -0.787. The zero-order valence-electron chi connectivity index (χ0n) is 9.56. The first-order valence-electron chi connectivity index (χ1n) is 4.99. The Morgan fingerprint density at radius 3 is 2.81 bits per heavy atom. The number of hydrogen-bond acceptors (Lipinski definition) is 5. The molecule has 6 heteroatoms. The molecule has 2 N–H and O–H groups in total. The van der Waals surface area contributed by atoms with E-state index in [0.717, 1.165) is 6.26 Å². The molecule has 0 aliphatic carbocycles. The third kappa shape index (κ3) is 3.23. The van der Waals surface area contributed by atoms with Crippen LogP contribution < -0.4 is 5.32 Å². The van der Waals surface area contributed by atoms with E-state index in [1.54, 1.807) is 7.11 Å². The Balaban J connectivity index is 2.66. The smallest absolute Gasteiger partial charge is 0.357 e. The highest BCUT2D eigenvalue weighted by molar-refractivity contribution is 5.85. The van der Waals surface area contributed by atoms with Crippen molar-refractivity contribution in [3.05, 3.63) is 12.0 Å². The molecule has 1 heterocycles. The van der Waals surface area contributed by atoms with Crippen molar-refractivity contribution in [2.45, 2.75) is 19.9 Å². The minimum atomic E-state index is -1.11. The van der Waals surface area contributed by atoms with Crippen LogP contribution in [0.4, 0.5) is 6.01 Å². The number of carbonyl (C=O) groups is 1. The molecular weight excluding hydrogens is 212 g/mol. The largest absolute Gasteiger partial charge is 0.476 e. The molecule has 16 heavy (non-hydrogen) atoms. The minimum Gasteiger partial charge on any atom is -0.476 e. The monoisotopic (exact) mass is 228 g/mol. The quantitative estimate of drug-likeness (QED) is 0.766. The molecule has 0 bridgehead atoms. The average molecular weight is 228 g/mol. The summed E-state index contributed by atoms with van der Waals surface area (Å²) in [6, 6.07) is 0.235. The second kappa shape index (κ2) is 5.50. The van der Waals surface area contributed by atoms with Crippen LogP contribution in [-0.4, -0.2) is 35.8 Å². The molecule has 1 unspecified atom stereocenters. The molecular formula is C10H16N2O4. The van der Waals surface area contributed by atoms with Gasteiger partial charge in [0.15, 0.2) is 5.69 Å². The van der Waals surface area contributed by atoms with Gasteiger partial charge in [-0.25, -0.2) is 4.79 Å². The lowest BCUT2D eigenvalue weighted by atomic mass is 10.1. The number of rotatable bonds is 6. The Hall–Kier alpha value is -1.56. The maximum absolute atomic E-state index is 10.6. The number of carboxylic acids is 1. The van der Waals surface area contributed by atoms with Crippen LogP contribution in [0.2, 0.25) is 0 Å². The summed E-state index contributed by atoms with van der Waals surface area (Å²) in [5.41, 5.74) is -0.109. The summed E-state index contributed by atoms with van der Waals surface area (Å²) in [6.45, 7) is 4.55. The van der Waals surface area contributed by atoms with E-state index in [0.29, 0.717) is 12.5 Å². The third-order valence-corrected chi connectivity index (χ3v) is 2.18. The van der Waals surface area contributed by atoms with Crippen molar-refractivity contribution >= 4 is 12.0 Å². The van der Waals surface area contributed by atoms with Gasteiger partial charge in [-0.1, -0.05) is 13.8 Å². The van der Waals surface area contributed by atoms with Gasteiger partial charge in [-0.15, -0.1) is 0 Å². The fourth-order valence-electron chi connectivity index (χ4n) is 1.18. The van der Waals surface area contributed by atoms with E-state index in [2.05, 4.69) is 10.3 Å². The maximum Gasteiger partial charge on any atom is 0.357 e. The summed E-state index contributed by atoms with van der Waals surface area (Å²) in [6.07, 6.45) is 1.11. The molecule has 6 nitrogen and oxygen atoms in total. The third-order valence-electron chi connectivity index (χ3n) is 2.18. The van der Waals surface area contributed by atoms with Gasteiger partial charge in [0.1, 0.15) is 6.26 Å². The van der Waals surface area contributed by atoms with Crippen molar-refractivity contribution in [1.29, 1.82) is 0 Å². The summed E-state index contributed by atoms with van der Waals surface area (Å²) in [4.78, 5) is 14.4. The molecule has 1 aromatic heterocycles.